The standard InChI is InChI=1S/C9H16N4O/c1-7(14)6-13(2)8-3-4-11-9(5-8)12-10/h3-5,7,14H,6,10H2,1-2H3,(H,11,12). The number of aliphatic hydroxyl groups is 1. The van der Waals surface area contributed by atoms with E-state index >= 15 is 0 Å². The molecule has 1 heterocycles. The maximum atomic E-state index is 9.21. The molecule has 0 bridgehead atoms. The number of hydrogen-bond acceptors (Lipinski definition) is 5. The molecule has 0 spiro atoms. The largest absolute Gasteiger partial charge is 0.392 e. The maximum Gasteiger partial charge on any atom is 0.141 e. The number of pyridine rings is 1. The van der Waals surface area contributed by atoms with Gasteiger partial charge in [0.1, 0.15) is 5.82 Å². The zero-order valence-corrected chi connectivity index (χ0v) is 8.44. The van der Waals surface area contributed by atoms with Crippen LogP contribution in [0, 0.1) is 0 Å². The SMILES string of the molecule is CC(O)CN(C)c1ccnc(NN)c1. The highest BCUT2D eigenvalue weighted by molar-refractivity contribution is 5.52. The minimum atomic E-state index is -0.359. The molecule has 0 amide bonds. The van der Waals surface area contributed by atoms with Gasteiger partial charge in [-0.25, -0.2) is 10.8 Å². The van der Waals surface area contributed by atoms with Gasteiger partial charge in [0.05, 0.1) is 6.10 Å². The molecule has 5 heteroatoms. The fraction of sp³-hybridized carbons (Fsp3) is 0.444. The van der Waals surface area contributed by atoms with E-state index in [4.69, 9.17) is 5.84 Å². The lowest BCUT2D eigenvalue weighted by Crippen LogP contribution is -2.27. The minimum absolute atomic E-state index is 0.359. The fourth-order valence-corrected chi connectivity index (χ4v) is 1.24. The molecule has 1 aromatic rings. The number of hydrogen-bond donors (Lipinski definition) is 3. The normalized spacial score (nSPS) is 12.3. The van der Waals surface area contributed by atoms with Crippen molar-refractivity contribution in [2.75, 3.05) is 23.9 Å². The highest BCUT2D eigenvalue weighted by Gasteiger charge is 2.04. The zero-order chi connectivity index (χ0) is 10.6. The van der Waals surface area contributed by atoms with E-state index in [0.29, 0.717) is 12.4 Å². The molecule has 0 saturated heterocycles. The van der Waals surface area contributed by atoms with Gasteiger partial charge in [-0.2, -0.15) is 0 Å². The average molecular weight is 196 g/mol. The average Bonchev–Trinajstić information content (AvgIpc) is 2.17. The second kappa shape index (κ2) is 4.78. The van der Waals surface area contributed by atoms with E-state index in [-0.39, 0.29) is 6.10 Å². The molecule has 1 atom stereocenters. The summed E-state index contributed by atoms with van der Waals surface area (Å²) in [5.41, 5.74) is 3.44. The molecule has 0 aliphatic heterocycles. The van der Waals surface area contributed by atoms with E-state index < -0.39 is 0 Å². The second-order valence-electron chi connectivity index (χ2n) is 3.27. The number of anilines is 2. The summed E-state index contributed by atoms with van der Waals surface area (Å²) in [6.07, 6.45) is 1.31. The van der Waals surface area contributed by atoms with Crippen molar-refractivity contribution in [2.45, 2.75) is 13.0 Å². The number of nitrogens with zero attached hydrogens (tertiary/aromatic N) is 2. The summed E-state index contributed by atoms with van der Waals surface area (Å²) in [6.45, 7) is 2.33. The van der Waals surface area contributed by atoms with Gasteiger partial charge in [-0.15, -0.1) is 0 Å². The van der Waals surface area contributed by atoms with Gasteiger partial charge in [-0.3, -0.25) is 0 Å². The molecule has 4 N–H and O–H groups in total. The number of aromatic nitrogens is 1. The Labute approximate surface area is 83.5 Å². The van der Waals surface area contributed by atoms with Crippen molar-refractivity contribution in [3.05, 3.63) is 18.3 Å². The van der Waals surface area contributed by atoms with Crippen LogP contribution in [0.3, 0.4) is 0 Å². The molecule has 5 nitrogen and oxygen atoms in total. The molecule has 78 valence electrons. The smallest absolute Gasteiger partial charge is 0.141 e. The van der Waals surface area contributed by atoms with E-state index in [9.17, 15) is 5.11 Å². The quantitative estimate of drug-likeness (QED) is 0.473. The van der Waals surface area contributed by atoms with E-state index in [1.807, 2.05) is 24.1 Å². The lowest BCUT2D eigenvalue weighted by atomic mass is 10.3. The van der Waals surface area contributed by atoms with Crippen molar-refractivity contribution >= 4 is 11.5 Å². The summed E-state index contributed by atoms with van der Waals surface area (Å²) < 4.78 is 0. The summed E-state index contributed by atoms with van der Waals surface area (Å²) in [6, 6.07) is 3.69. The van der Waals surface area contributed by atoms with Crippen molar-refractivity contribution in [3.63, 3.8) is 0 Å². The predicted octanol–water partition coefficient (Wildman–Crippen LogP) is 0.184. The van der Waals surface area contributed by atoms with Crippen LogP contribution in [0.2, 0.25) is 0 Å². The Morgan fingerprint density at radius 1 is 1.71 bits per heavy atom. The molecule has 1 rings (SSSR count). The van der Waals surface area contributed by atoms with Gasteiger partial charge < -0.3 is 15.4 Å². The van der Waals surface area contributed by atoms with Crippen LogP contribution in [0.1, 0.15) is 6.92 Å². The molecule has 1 aromatic heterocycles. The fourth-order valence-electron chi connectivity index (χ4n) is 1.24. The molecule has 14 heavy (non-hydrogen) atoms. The van der Waals surface area contributed by atoms with Gasteiger partial charge in [0, 0.05) is 31.5 Å². The number of rotatable bonds is 4. The number of nitrogens with one attached hydrogen (secondary N) is 1. The first-order chi connectivity index (χ1) is 6.63. The molecule has 0 fully saturated rings. The van der Waals surface area contributed by atoms with Gasteiger partial charge in [-0.05, 0) is 13.0 Å². The molecule has 0 aliphatic rings. The van der Waals surface area contributed by atoms with Crippen LogP contribution in [0.15, 0.2) is 18.3 Å². The van der Waals surface area contributed by atoms with E-state index in [2.05, 4.69) is 10.4 Å². The topological polar surface area (TPSA) is 74.4 Å². The Bertz CT molecular complexity index is 290. The van der Waals surface area contributed by atoms with Crippen molar-refractivity contribution in [3.8, 4) is 0 Å². The third-order valence-corrected chi connectivity index (χ3v) is 1.87. The Hall–Kier alpha value is -1.33. The highest BCUT2D eigenvalue weighted by Crippen LogP contribution is 2.15. The lowest BCUT2D eigenvalue weighted by molar-refractivity contribution is 0.201. The van der Waals surface area contributed by atoms with Gasteiger partial charge in [0.25, 0.3) is 0 Å². The summed E-state index contributed by atoms with van der Waals surface area (Å²) in [4.78, 5) is 5.93. The zero-order valence-electron chi connectivity index (χ0n) is 8.44. The van der Waals surface area contributed by atoms with Gasteiger partial charge in [0.2, 0.25) is 0 Å². The summed E-state index contributed by atoms with van der Waals surface area (Å²) in [5.74, 6) is 5.85. The molecular formula is C9H16N4O. The first kappa shape index (κ1) is 10.7. The van der Waals surface area contributed by atoms with E-state index in [1.54, 1.807) is 13.1 Å². The van der Waals surface area contributed by atoms with Gasteiger partial charge in [0.15, 0.2) is 0 Å². The molecule has 0 radical (unpaired) electrons. The van der Waals surface area contributed by atoms with Crippen LogP contribution < -0.4 is 16.2 Å². The Kier molecular flexibility index (Phi) is 3.67. The third kappa shape index (κ3) is 2.86. The molecule has 1 unspecified atom stereocenters. The predicted molar refractivity (Wildman–Crippen MR) is 57.0 cm³/mol. The van der Waals surface area contributed by atoms with Crippen LogP contribution in [0.5, 0.6) is 0 Å². The van der Waals surface area contributed by atoms with Crippen LogP contribution in [-0.2, 0) is 0 Å². The Morgan fingerprint density at radius 2 is 2.43 bits per heavy atom. The van der Waals surface area contributed by atoms with Gasteiger partial charge in [-0.1, -0.05) is 0 Å². The number of nitrogens with two attached hydrogens (primary N) is 1. The van der Waals surface area contributed by atoms with Crippen molar-refractivity contribution in [1.29, 1.82) is 0 Å². The maximum absolute atomic E-state index is 9.21. The van der Waals surface area contributed by atoms with E-state index in [0.717, 1.165) is 5.69 Å². The van der Waals surface area contributed by atoms with Crippen molar-refractivity contribution in [2.24, 2.45) is 5.84 Å². The van der Waals surface area contributed by atoms with Crippen LogP contribution >= 0.6 is 0 Å². The van der Waals surface area contributed by atoms with E-state index in [1.165, 1.54) is 0 Å². The van der Waals surface area contributed by atoms with Crippen LogP contribution in [0.25, 0.3) is 0 Å². The number of aliphatic hydroxyl groups excluding tert-OH is 1. The van der Waals surface area contributed by atoms with Crippen LogP contribution in [-0.4, -0.2) is 29.8 Å². The summed E-state index contributed by atoms with van der Waals surface area (Å²) >= 11 is 0. The molecular weight excluding hydrogens is 180 g/mol. The minimum Gasteiger partial charge on any atom is -0.392 e. The molecule has 0 aromatic carbocycles. The first-order valence-corrected chi connectivity index (χ1v) is 4.45. The molecule has 0 saturated carbocycles. The highest BCUT2D eigenvalue weighted by atomic mass is 16.3. The second-order valence-corrected chi connectivity index (χ2v) is 3.27. The monoisotopic (exact) mass is 196 g/mol. The lowest BCUT2D eigenvalue weighted by Gasteiger charge is -2.20. The first-order valence-electron chi connectivity index (χ1n) is 4.45. The summed E-state index contributed by atoms with van der Waals surface area (Å²) in [7, 11) is 1.91. The summed E-state index contributed by atoms with van der Waals surface area (Å²) in [5, 5.41) is 9.21. The number of hydrazine groups is 1. The van der Waals surface area contributed by atoms with Crippen LogP contribution in [0.4, 0.5) is 11.5 Å². The number of nitrogen functional groups attached to an aromatic ring is 1. The van der Waals surface area contributed by atoms with Crippen molar-refractivity contribution < 1.29 is 5.11 Å². The Morgan fingerprint density at radius 3 is 3.00 bits per heavy atom. The molecule has 0 aliphatic carbocycles. The number of likely N-dealkylation sites (N-methyl/N-ethyl adjacent to an activating group) is 1. The Balaban J connectivity index is 2.73. The third-order valence-electron chi connectivity index (χ3n) is 1.87. The van der Waals surface area contributed by atoms with Crippen molar-refractivity contribution in [1.82, 2.24) is 4.98 Å². The van der Waals surface area contributed by atoms with Gasteiger partial charge >= 0.3 is 0 Å².